The maximum absolute atomic E-state index is 10.1. The van der Waals surface area contributed by atoms with E-state index in [0.29, 0.717) is 0 Å². The van der Waals surface area contributed by atoms with E-state index in [9.17, 15) is 4.79 Å². The molecule has 0 heterocycles. The molecule has 0 fully saturated rings. The van der Waals surface area contributed by atoms with E-state index >= 15 is 0 Å². The number of carboxylic acids is 1. The third-order valence-corrected chi connectivity index (χ3v) is 3.82. The Bertz CT molecular complexity index is 328. The SMILES string of the molecule is O=C(O)CNC(CO)(CO)CO.OCCN(CCO)C(CO)(CO)CO. The zero-order chi connectivity index (χ0) is 20.6. The molecule has 26 heavy (non-hydrogen) atoms. The molecule has 0 saturated heterocycles. The second-order valence-corrected chi connectivity index (χ2v) is 5.63. The third-order valence-electron chi connectivity index (χ3n) is 3.82. The Morgan fingerprint density at radius 1 is 0.731 bits per heavy atom. The number of hydrogen-bond donors (Lipinski definition) is 10. The number of aliphatic hydroxyl groups excluding tert-OH is 8. The summed E-state index contributed by atoms with van der Waals surface area (Å²) in [5, 5.41) is 81.4. The highest BCUT2D eigenvalue weighted by atomic mass is 16.4. The van der Waals surface area contributed by atoms with Crippen molar-refractivity contribution in [2.24, 2.45) is 0 Å². The number of nitrogens with zero attached hydrogens (tertiary/aromatic N) is 1. The molecule has 0 aliphatic rings. The second-order valence-electron chi connectivity index (χ2n) is 5.63. The first-order valence-electron chi connectivity index (χ1n) is 7.89. The minimum atomic E-state index is -1.31. The fourth-order valence-electron chi connectivity index (χ4n) is 1.86. The number of aliphatic hydroxyl groups is 8. The van der Waals surface area contributed by atoms with Crippen LogP contribution in [0.5, 0.6) is 0 Å². The van der Waals surface area contributed by atoms with Gasteiger partial charge < -0.3 is 46.0 Å². The van der Waals surface area contributed by atoms with Crippen molar-refractivity contribution in [2.75, 3.05) is 72.5 Å². The van der Waals surface area contributed by atoms with Crippen molar-refractivity contribution in [3.63, 3.8) is 0 Å². The van der Waals surface area contributed by atoms with Gasteiger partial charge in [0.05, 0.1) is 70.5 Å². The molecule has 10 N–H and O–H groups in total. The monoisotopic (exact) mass is 388 g/mol. The molecule has 0 unspecified atom stereocenters. The van der Waals surface area contributed by atoms with Crippen LogP contribution < -0.4 is 5.32 Å². The van der Waals surface area contributed by atoms with Crippen molar-refractivity contribution in [3.05, 3.63) is 0 Å². The average molecular weight is 388 g/mol. The van der Waals surface area contributed by atoms with Crippen molar-refractivity contribution in [1.29, 1.82) is 0 Å². The number of rotatable bonds is 14. The molecule has 0 aromatic heterocycles. The van der Waals surface area contributed by atoms with Gasteiger partial charge in [-0.3, -0.25) is 15.0 Å². The van der Waals surface area contributed by atoms with Gasteiger partial charge >= 0.3 is 5.97 Å². The molecular weight excluding hydrogens is 356 g/mol. The number of β-amino-alcohol motifs (C(OH)–C–C–N with tert-alkyl or cyclic N) is 2. The molecule has 0 saturated carbocycles. The fraction of sp³-hybridized carbons (Fsp3) is 0.929. The normalized spacial score (nSPS) is 12.0. The van der Waals surface area contributed by atoms with E-state index in [1.165, 1.54) is 4.90 Å². The van der Waals surface area contributed by atoms with Gasteiger partial charge in [-0.05, 0) is 0 Å². The van der Waals surface area contributed by atoms with Gasteiger partial charge in [0.15, 0.2) is 0 Å². The highest BCUT2D eigenvalue weighted by molar-refractivity contribution is 5.69. The summed E-state index contributed by atoms with van der Waals surface area (Å²) in [7, 11) is 0. The van der Waals surface area contributed by atoms with Gasteiger partial charge in [0, 0.05) is 13.1 Å². The van der Waals surface area contributed by atoms with Crippen LogP contribution in [0, 0.1) is 0 Å². The Morgan fingerprint density at radius 3 is 1.35 bits per heavy atom. The largest absolute Gasteiger partial charge is 0.480 e. The molecule has 0 aliphatic carbocycles. The van der Waals surface area contributed by atoms with E-state index in [4.69, 9.17) is 46.0 Å². The zero-order valence-electron chi connectivity index (χ0n) is 14.7. The van der Waals surface area contributed by atoms with Gasteiger partial charge in [0.2, 0.25) is 0 Å². The predicted molar refractivity (Wildman–Crippen MR) is 89.4 cm³/mol. The van der Waals surface area contributed by atoms with Crippen LogP contribution in [0.1, 0.15) is 0 Å². The summed E-state index contributed by atoms with van der Waals surface area (Å²) in [4.78, 5) is 11.6. The first-order chi connectivity index (χ1) is 12.3. The topological polar surface area (TPSA) is 214 Å². The van der Waals surface area contributed by atoms with E-state index < -0.39 is 63.2 Å². The van der Waals surface area contributed by atoms with Crippen molar-refractivity contribution >= 4 is 5.97 Å². The number of aliphatic carboxylic acids is 1. The van der Waals surface area contributed by atoms with Crippen molar-refractivity contribution < 1.29 is 50.8 Å². The Balaban J connectivity index is 0. The van der Waals surface area contributed by atoms with Gasteiger partial charge in [0.25, 0.3) is 0 Å². The quantitative estimate of drug-likeness (QED) is 0.135. The molecule has 0 aromatic rings. The van der Waals surface area contributed by atoms with E-state index in [2.05, 4.69) is 5.32 Å². The first kappa shape index (κ1) is 27.3. The lowest BCUT2D eigenvalue weighted by Gasteiger charge is -2.39. The minimum absolute atomic E-state index is 0.165. The third kappa shape index (κ3) is 9.14. The smallest absolute Gasteiger partial charge is 0.317 e. The summed E-state index contributed by atoms with van der Waals surface area (Å²) in [5.41, 5.74) is -2.48. The number of carbonyl (C=O) groups is 1. The fourth-order valence-corrected chi connectivity index (χ4v) is 1.86. The Morgan fingerprint density at radius 2 is 1.12 bits per heavy atom. The lowest BCUT2D eigenvalue weighted by atomic mass is 10.0. The van der Waals surface area contributed by atoms with Crippen molar-refractivity contribution in [3.8, 4) is 0 Å². The van der Waals surface area contributed by atoms with Crippen LogP contribution in [0.4, 0.5) is 0 Å². The molecule has 0 bridgehead atoms. The van der Waals surface area contributed by atoms with E-state index in [-0.39, 0.29) is 26.3 Å². The molecule has 0 amide bonds. The Labute approximate surface area is 151 Å². The molecule has 12 nitrogen and oxygen atoms in total. The lowest BCUT2D eigenvalue weighted by Crippen LogP contribution is -2.58. The van der Waals surface area contributed by atoms with E-state index in [1.807, 2.05) is 0 Å². The van der Waals surface area contributed by atoms with E-state index in [1.54, 1.807) is 0 Å². The molecule has 0 radical (unpaired) electrons. The minimum Gasteiger partial charge on any atom is -0.480 e. The molecule has 0 atom stereocenters. The van der Waals surface area contributed by atoms with Crippen LogP contribution in [0.3, 0.4) is 0 Å². The standard InChI is InChI=1S/C8H19NO5.C6H13NO5/c10-3-1-9(2-4-11)8(5-12,6-13)7-14;8-2-6(3-9,4-10)7-1-5(11)12/h10-14H,1-7H2;7-10H,1-4H2,(H,11,12). The van der Waals surface area contributed by atoms with Crippen molar-refractivity contribution in [2.45, 2.75) is 11.1 Å². The number of nitrogens with one attached hydrogen (secondary N) is 1. The van der Waals surface area contributed by atoms with Gasteiger partial charge in [-0.15, -0.1) is 0 Å². The second kappa shape index (κ2) is 15.2. The lowest BCUT2D eigenvalue weighted by molar-refractivity contribution is -0.136. The Kier molecular flexibility index (Phi) is 15.9. The van der Waals surface area contributed by atoms with Crippen LogP contribution in [0.2, 0.25) is 0 Å². The molecule has 0 aliphatic heterocycles. The summed E-state index contributed by atoms with van der Waals surface area (Å²) in [6.45, 7) is -3.23. The molecule has 12 heteroatoms. The van der Waals surface area contributed by atoms with Gasteiger partial charge in [-0.2, -0.15) is 0 Å². The summed E-state index contributed by atoms with van der Waals surface area (Å²) in [6.07, 6.45) is 0. The first-order valence-corrected chi connectivity index (χ1v) is 7.89. The maximum Gasteiger partial charge on any atom is 0.317 e. The predicted octanol–water partition coefficient (Wildman–Crippen LogP) is -5.63. The molecule has 158 valence electrons. The van der Waals surface area contributed by atoms with Gasteiger partial charge in [-0.1, -0.05) is 0 Å². The van der Waals surface area contributed by atoms with Crippen molar-refractivity contribution in [1.82, 2.24) is 10.2 Å². The average Bonchev–Trinajstić information content (AvgIpc) is 2.66. The molecule has 0 aromatic carbocycles. The molecule has 0 spiro atoms. The maximum atomic E-state index is 10.1. The zero-order valence-corrected chi connectivity index (χ0v) is 14.7. The highest BCUT2D eigenvalue weighted by Gasteiger charge is 2.34. The van der Waals surface area contributed by atoms with Crippen LogP contribution in [0.25, 0.3) is 0 Å². The Hall–Kier alpha value is -0.930. The molecular formula is C14H32N2O10. The summed E-state index contributed by atoms with van der Waals surface area (Å²) >= 11 is 0. The van der Waals surface area contributed by atoms with Crippen LogP contribution >= 0.6 is 0 Å². The summed E-state index contributed by atoms with van der Waals surface area (Å²) in [5.74, 6) is -1.12. The van der Waals surface area contributed by atoms with Crippen LogP contribution in [-0.4, -0.2) is 140 Å². The number of hydrogen-bond acceptors (Lipinski definition) is 11. The van der Waals surface area contributed by atoms with Gasteiger partial charge in [-0.25, -0.2) is 0 Å². The van der Waals surface area contributed by atoms with E-state index in [0.717, 1.165) is 0 Å². The number of carboxylic acid groups (broad SMARTS) is 1. The van der Waals surface area contributed by atoms with Gasteiger partial charge in [0.1, 0.15) is 0 Å². The molecule has 0 rings (SSSR count). The van der Waals surface area contributed by atoms with Crippen LogP contribution in [0.15, 0.2) is 0 Å². The highest BCUT2D eigenvalue weighted by Crippen LogP contribution is 2.13. The summed E-state index contributed by atoms with van der Waals surface area (Å²) in [6, 6.07) is 0. The van der Waals surface area contributed by atoms with Crippen LogP contribution in [-0.2, 0) is 4.79 Å². The summed E-state index contributed by atoms with van der Waals surface area (Å²) < 4.78 is 0.